The van der Waals surface area contributed by atoms with Gasteiger partial charge in [0, 0.05) is 24.4 Å². The SMILES string of the molecule is O=C(CCCC(=O)c1cccs1)Nc1ccc(Cl)c2ncccc12. The summed E-state index contributed by atoms with van der Waals surface area (Å²) in [6, 6.07) is 10.8. The molecule has 0 aliphatic rings. The molecule has 0 aliphatic heterocycles. The van der Waals surface area contributed by atoms with E-state index in [1.807, 2.05) is 17.5 Å². The molecule has 0 aliphatic carbocycles. The smallest absolute Gasteiger partial charge is 0.224 e. The van der Waals surface area contributed by atoms with Gasteiger partial charge in [-0.15, -0.1) is 11.3 Å². The van der Waals surface area contributed by atoms with Crippen molar-refractivity contribution >= 4 is 51.2 Å². The summed E-state index contributed by atoms with van der Waals surface area (Å²) in [5.41, 5.74) is 1.34. The van der Waals surface area contributed by atoms with Crippen molar-refractivity contribution in [3.8, 4) is 0 Å². The van der Waals surface area contributed by atoms with Gasteiger partial charge in [0.15, 0.2) is 5.78 Å². The molecule has 0 radical (unpaired) electrons. The number of benzene rings is 1. The van der Waals surface area contributed by atoms with Gasteiger partial charge >= 0.3 is 0 Å². The van der Waals surface area contributed by atoms with Crippen molar-refractivity contribution in [2.24, 2.45) is 0 Å². The summed E-state index contributed by atoms with van der Waals surface area (Å²) in [5.74, 6) is -0.0413. The first-order valence-electron chi connectivity index (χ1n) is 7.55. The van der Waals surface area contributed by atoms with Gasteiger partial charge in [0.05, 0.1) is 21.1 Å². The van der Waals surface area contributed by atoms with Gasteiger partial charge in [-0.05, 0) is 42.1 Å². The van der Waals surface area contributed by atoms with Crippen LogP contribution in [0.2, 0.25) is 5.02 Å². The van der Waals surface area contributed by atoms with E-state index < -0.39 is 0 Å². The molecule has 6 heteroatoms. The highest BCUT2D eigenvalue weighted by atomic mass is 35.5. The van der Waals surface area contributed by atoms with Crippen LogP contribution in [0.25, 0.3) is 10.9 Å². The Hall–Kier alpha value is -2.24. The Labute approximate surface area is 148 Å². The number of Topliss-reactive ketones (excluding diaryl/α,β-unsaturated/α-hetero) is 1. The number of halogens is 1. The second kappa shape index (κ2) is 7.55. The predicted octanol–water partition coefficient (Wildman–Crippen LogP) is 4.94. The third kappa shape index (κ3) is 3.80. The Kier molecular flexibility index (Phi) is 5.23. The molecule has 122 valence electrons. The van der Waals surface area contributed by atoms with E-state index in [-0.39, 0.29) is 11.7 Å². The highest BCUT2D eigenvalue weighted by molar-refractivity contribution is 7.12. The topological polar surface area (TPSA) is 59.1 Å². The standard InChI is InChI=1S/C18H15ClN2O2S/c19-13-8-9-14(12-4-2-10-20-18(12)13)21-17(23)7-1-5-15(22)16-6-3-11-24-16/h2-4,6,8-11H,1,5,7H2,(H,21,23). The first-order chi connectivity index (χ1) is 11.6. The fourth-order valence-electron chi connectivity index (χ4n) is 2.43. The number of pyridine rings is 1. The number of hydrogen-bond donors (Lipinski definition) is 1. The molecule has 1 amide bonds. The summed E-state index contributed by atoms with van der Waals surface area (Å²) >= 11 is 7.55. The Morgan fingerprint density at radius 1 is 1.12 bits per heavy atom. The Morgan fingerprint density at radius 3 is 2.79 bits per heavy atom. The number of amides is 1. The van der Waals surface area contributed by atoms with Gasteiger partial charge in [0.2, 0.25) is 5.91 Å². The molecule has 24 heavy (non-hydrogen) atoms. The lowest BCUT2D eigenvalue weighted by Gasteiger charge is -2.09. The molecule has 0 bridgehead atoms. The Balaban J connectivity index is 1.59. The monoisotopic (exact) mass is 358 g/mol. The Bertz CT molecular complexity index is 878. The summed E-state index contributed by atoms with van der Waals surface area (Å²) in [6.45, 7) is 0. The molecule has 0 atom stereocenters. The molecule has 0 spiro atoms. The summed E-state index contributed by atoms with van der Waals surface area (Å²) in [7, 11) is 0. The number of nitrogens with one attached hydrogen (secondary N) is 1. The number of hydrogen-bond acceptors (Lipinski definition) is 4. The maximum atomic E-state index is 12.1. The molecular weight excluding hydrogens is 344 g/mol. The fraction of sp³-hybridized carbons (Fsp3) is 0.167. The van der Waals surface area contributed by atoms with Crippen LogP contribution in [0.15, 0.2) is 48.0 Å². The number of aromatic nitrogens is 1. The average Bonchev–Trinajstić information content (AvgIpc) is 3.12. The minimum absolute atomic E-state index is 0.0824. The van der Waals surface area contributed by atoms with E-state index in [0.29, 0.717) is 35.5 Å². The quantitative estimate of drug-likeness (QED) is 0.635. The molecule has 1 aromatic carbocycles. The van der Waals surface area contributed by atoms with Crippen molar-refractivity contribution in [1.82, 2.24) is 4.98 Å². The number of nitrogens with zero attached hydrogens (tertiary/aromatic N) is 1. The summed E-state index contributed by atoms with van der Waals surface area (Å²) in [5, 5.41) is 6.09. The first-order valence-corrected chi connectivity index (χ1v) is 8.80. The highest BCUT2D eigenvalue weighted by Gasteiger charge is 2.11. The number of carbonyl (C=O) groups is 2. The van der Waals surface area contributed by atoms with Crippen molar-refractivity contribution in [3.05, 3.63) is 57.9 Å². The van der Waals surface area contributed by atoms with Crippen molar-refractivity contribution in [1.29, 1.82) is 0 Å². The van der Waals surface area contributed by atoms with E-state index in [1.54, 1.807) is 30.5 Å². The second-order valence-corrected chi connectivity index (χ2v) is 6.65. The predicted molar refractivity (Wildman–Crippen MR) is 97.9 cm³/mol. The van der Waals surface area contributed by atoms with E-state index in [2.05, 4.69) is 10.3 Å². The van der Waals surface area contributed by atoms with Crippen LogP contribution in [0.4, 0.5) is 5.69 Å². The van der Waals surface area contributed by atoms with Crippen LogP contribution in [-0.2, 0) is 4.79 Å². The normalized spacial score (nSPS) is 10.7. The summed E-state index contributed by atoms with van der Waals surface area (Å²) in [6.07, 6.45) is 2.85. The third-order valence-electron chi connectivity index (χ3n) is 3.60. The molecule has 1 N–H and O–H groups in total. The van der Waals surface area contributed by atoms with Crippen LogP contribution >= 0.6 is 22.9 Å². The molecule has 0 fully saturated rings. The van der Waals surface area contributed by atoms with Crippen molar-refractivity contribution in [2.75, 3.05) is 5.32 Å². The molecule has 0 unspecified atom stereocenters. The average molecular weight is 359 g/mol. The Morgan fingerprint density at radius 2 is 2.00 bits per heavy atom. The molecule has 4 nitrogen and oxygen atoms in total. The van der Waals surface area contributed by atoms with Crippen LogP contribution in [0, 0.1) is 0 Å². The minimum Gasteiger partial charge on any atom is -0.325 e. The lowest BCUT2D eigenvalue weighted by Crippen LogP contribution is -2.12. The van der Waals surface area contributed by atoms with E-state index in [0.717, 1.165) is 10.3 Å². The molecule has 2 heterocycles. The van der Waals surface area contributed by atoms with E-state index in [9.17, 15) is 9.59 Å². The molecular formula is C18H15ClN2O2S. The van der Waals surface area contributed by atoms with Gasteiger partial charge < -0.3 is 5.32 Å². The van der Waals surface area contributed by atoms with Gasteiger partial charge in [-0.3, -0.25) is 14.6 Å². The van der Waals surface area contributed by atoms with Gasteiger partial charge in [-0.2, -0.15) is 0 Å². The zero-order valence-corrected chi connectivity index (χ0v) is 14.4. The van der Waals surface area contributed by atoms with Gasteiger partial charge in [0.25, 0.3) is 0 Å². The largest absolute Gasteiger partial charge is 0.325 e. The van der Waals surface area contributed by atoms with E-state index in [1.165, 1.54) is 11.3 Å². The van der Waals surface area contributed by atoms with Crippen molar-refractivity contribution < 1.29 is 9.59 Å². The van der Waals surface area contributed by atoms with E-state index >= 15 is 0 Å². The highest BCUT2D eigenvalue weighted by Crippen LogP contribution is 2.28. The van der Waals surface area contributed by atoms with Crippen LogP contribution in [0.1, 0.15) is 28.9 Å². The fourth-order valence-corrected chi connectivity index (χ4v) is 3.34. The van der Waals surface area contributed by atoms with Crippen LogP contribution in [0.5, 0.6) is 0 Å². The number of fused-ring (bicyclic) bond motifs is 1. The van der Waals surface area contributed by atoms with E-state index in [4.69, 9.17) is 11.6 Å². The molecule has 3 rings (SSSR count). The number of ketones is 1. The van der Waals surface area contributed by atoms with Gasteiger partial charge in [0.1, 0.15) is 0 Å². The lowest BCUT2D eigenvalue weighted by atomic mass is 10.1. The van der Waals surface area contributed by atoms with Crippen LogP contribution < -0.4 is 5.32 Å². The summed E-state index contributed by atoms with van der Waals surface area (Å²) < 4.78 is 0. The first kappa shape index (κ1) is 16.6. The van der Waals surface area contributed by atoms with Crippen molar-refractivity contribution in [2.45, 2.75) is 19.3 Å². The molecule has 3 aromatic rings. The number of anilines is 1. The summed E-state index contributed by atoms with van der Waals surface area (Å²) in [4.78, 5) is 29.0. The number of thiophene rings is 1. The molecule has 0 saturated heterocycles. The van der Waals surface area contributed by atoms with Gasteiger partial charge in [-0.1, -0.05) is 17.7 Å². The van der Waals surface area contributed by atoms with Crippen LogP contribution in [-0.4, -0.2) is 16.7 Å². The maximum absolute atomic E-state index is 12.1. The number of carbonyl (C=O) groups excluding carboxylic acids is 2. The second-order valence-electron chi connectivity index (χ2n) is 5.30. The minimum atomic E-state index is -0.124. The maximum Gasteiger partial charge on any atom is 0.224 e. The molecule has 0 saturated carbocycles. The van der Waals surface area contributed by atoms with Gasteiger partial charge in [-0.25, -0.2) is 0 Å². The van der Waals surface area contributed by atoms with Crippen molar-refractivity contribution in [3.63, 3.8) is 0 Å². The zero-order chi connectivity index (χ0) is 16.9. The number of rotatable bonds is 6. The lowest BCUT2D eigenvalue weighted by molar-refractivity contribution is -0.116. The molecule has 2 aromatic heterocycles. The zero-order valence-electron chi connectivity index (χ0n) is 12.8. The van der Waals surface area contributed by atoms with Crippen LogP contribution in [0.3, 0.4) is 0 Å². The third-order valence-corrected chi connectivity index (χ3v) is 4.81.